The number of carbonyl (C=O) groups excluding carboxylic acids is 1. The average molecular weight is 293 g/mol. The Morgan fingerprint density at radius 1 is 1.38 bits per heavy atom. The van der Waals surface area contributed by atoms with Crippen molar-refractivity contribution in [3.63, 3.8) is 0 Å². The Morgan fingerprint density at radius 3 is 2.76 bits per heavy atom. The standard InChI is InChI=1S/C16H27N3O2/c1-12(2)21-11-10-19(4)9-8-16(20)18-15-7-5-6-14(17)13(15)3/h5-7,12H,8-11,17H2,1-4H3,(H,18,20). The van der Waals surface area contributed by atoms with Crippen LogP contribution in [0.5, 0.6) is 0 Å². The summed E-state index contributed by atoms with van der Waals surface area (Å²) in [5.74, 6) is 0.000304. The molecule has 5 nitrogen and oxygen atoms in total. The highest BCUT2D eigenvalue weighted by molar-refractivity contribution is 5.92. The number of nitrogen functional groups attached to an aromatic ring is 1. The normalized spacial score (nSPS) is 11.1. The van der Waals surface area contributed by atoms with E-state index < -0.39 is 0 Å². The van der Waals surface area contributed by atoms with Crippen LogP contribution < -0.4 is 11.1 Å². The number of ether oxygens (including phenoxy) is 1. The first-order valence-corrected chi connectivity index (χ1v) is 7.35. The van der Waals surface area contributed by atoms with Crippen molar-refractivity contribution in [2.24, 2.45) is 0 Å². The van der Waals surface area contributed by atoms with Gasteiger partial charge in [-0.25, -0.2) is 0 Å². The number of benzene rings is 1. The molecule has 0 radical (unpaired) electrons. The van der Waals surface area contributed by atoms with Gasteiger partial charge in [-0.3, -0.25) is 4.79 Å². The molecule has 0 aliphatic carbocycles. The third kappa shape index (κ3) is 6.60. The molecule has 1 aromatic rings. The maximum atomic E-state index is 12.0. The topological polar surface area (TPSA) is 67.6 Å². The maximum Gasteiger partial charge on any atom is 0.225 e. The molecular formula is C16H27N3O2. The van der Waals surface area contributed by atoms with E-state index in [1.54, 1.807) is 0 Å². The van der Waals surface area contributed by atoms with Crippen LogP contribution in [-0.4, -0.2) is 43.7 Å². The molecule has 5 heteroatoms. The first-order chi connectivity index (χ1) is 9.90. The zero-order valence-electron chi connectivity index (χ0n) is 13.5. The molecule has 0 aliphatic heterocycles. The molecule has 0 spiro atoms. The summed E-state index contributed by atoms with van der Waals surface area (Å²) in [5, 5.41) is 2.90. The largest absolute Gasteiger partial charge is 0.398 e. The summed E-state index contributed by atoms with van der Waals surface area (Å²) in [6, 6.07) is 5.53. The minimum absolute atomic E-state index is 0.000304. The molecule has 0 atom stereocenters. The Kier molecular flexibility index (Phi) is 7.19. The lowest BCUT2D eigenvalue weighted by atomic mass is 10.1. The zero-order valence-corrected chi connectivity index (χ0v) is 13.5. The van der Waals surface area contributed by atoms with E-state index in [0.717, 1.165) is 17.8 Å². The zero-order chi connectivity index (χ0) is 15.8. The van der Waals surface area contributed by atoms with E-state index in [4.69, 9.17) is 10.5 Å². The first kappa shape index (κ1) is 17.5. The van der Waals surface area contributed by atoms with Crippen molar-refractivity contribution in [3.05, 3.63) is 23.8 Å². The summed E-state index contributed by atoms with van der Waals surface area (Å²) in [4.78, 5) is 14.0. The fourth-order valence-electron chi connectivity index (χ4n) is 1.85. The van der Waals surface area contributed by atoms with Crippen LogP contribution in [-0.2, 0) is 9.53 Å². The van der Waals surface area contributed by atoms with Crippen molar-refractivity contribution in [2.75, 3.05) is 37.8 Å². The Labute approximate surface area is 127 Å². The molecule has 0 saturated carbocycles. The fraction of sp³-hybridized carbons (Fsp3) is 0.562. The molecular weight excluding hydrogens is 266 g/mol. The molecule has 3 N–H and O–H groups in total. The minimum atomic E-state index is 0.000304. The molecule has 0 fully saturated rings. The van der Waals surface area contributed by atoms with E-state index in [9.17, 15) is 4.79 Å². The molecule has 0 bridgehead atoms. The molecule has 21 heavy (non-hydrogen) atoms. The smallest absolute Gasteiger partial charge is 0.225 e. The van der Waals surface area contributed by atoms with Gasteiger partial charge >= 0.3 is 0 Å². The Morgan fingerprint density at radius 2 is 2.10 bits per heavy atom. The van der Waals surface area contributed by atoms with Gasteiger partial charge in [0.15, 0.2) is 0 Å². The number of rotatable bonds is 8. The van der Waals surface area contributed by atoms with Gasteiger partial charge in [-0.1, -0.05) is 6.07 Å². The summed E-state index contributed by atoms with van der Waals surface area (Å²) in [6.07, 6.45) is 0.695. The highest BCUT2D eigenvalue weighted by atomic mass is 16.5. The quantitative estimate of drug-likeness (QED) is 0.722. The van der Waals surface area contributed by atoms with Gasteiger partial charge in [-0.05, 0) is 45.5 Å². The van der Waals surface area contributed by atoms with Gasteiger partial charge in [0.2, 0.25) is 5.91 Å². The summed E-state index contributed by atoms with van der Waals surface area (Å²) in [7, 11) is 1.99. The summed E-state index contributed by atoms with van der Waals surface area (Å²) in [6.45, 7) is 8.14. The molecule has 118 valence electrons. The molecule has 0 unspecified atom stereocenters. The third-order valence-corrected chi connectivity index (χ3v) is 3.29. The van der Waals surface area contributed by atoms with Crippen LogP contribution in [0.3, 0.4) is 0 Å². The summed E-state index contributed by atoms with van der Waals surface area (Å²) in [5.41, 5.74) is 8.20. The number of amides is 1. The SMILES string of the molecule is Cc1c(N)cccc1NC(=O)CCN(C)CCOC(C)C. The number of nitrogens with zero attached hydrogens (tertiary/aromatic N) is 1. The van der Waals surface area contributed by atoms with E-state index in [1.807, 2.05) is 46.0 Å². The lowest BCUT2D eigenvalue weighted by molar-refractivity contribution is -0.116. The molecule has 1 rings (SSSR count). The highest BCUT2D eigenvalue weighted by Gasteiger charge is 2.08. The van der Waals surface area contributed by atoms with Crippen LogP contribution in [0.4, 0.5) is 11.4 Å². The second kappa shape index (κ2) is 8.64. The van der Waals surface area contributed by atoms with Crippen LogP contribution in [0.25, 0.3) is 0 Å². The molecule has 0 aromatic heterocycles. The molecule has 0 heterocycles. The van der Waals surface area contributed by atoms with Gasteiger partial charge in [-0.15, -0.1) is 0 Å². The molecule has 0 aliphatic rings. The highest BCUT2D eigenvalue weighted by Crippen LogP contribution is 2.20. The van der Waals surface area contributed by atoms with Crippen LogP contribution >= 0.6 is 0 Å². The number of nitrogens with one attached hydrogen (secondary N) is 1. The summed E-state index contributed by atoms with van der Waals surface area (Å²) < 4.78 is 5.49. The second-order valence-electron chi connectivity index (χ2n) is 5.54. The monoisotopic (exact) mass is 293 g/mol. The number of likely N-dealkylation sites (N-methyl/N-ethyl adjacent to an activating group) is 1. The van der Waals surface area contributed by atoms with Crippen LogP contribution in [0.1, 0.15) is 25.8 Å². The van der Waals surface area contributed by atoms with Gasteiger partial charge in [0.25, 0.3) is 0 Å². The lowest BCUT2D eigenvalue weighted by Crippen LogP contribution is -2.28. The number of carbonyl (C=O) groups is 1. The van der Waals surface area contributed by atoms with Crippen LogP contribution in [0.15, 0.2) is 18.2 Å². The second-order valence-corrected chi connectivity index (χ2v) is 5.54. The maximum absolute atomic E-state index is 12.0. The van der Waals surface area contributed by atoms with Gasteiger partial charge in [0, 0.05) is 30.9 Å². The number of anilines is 2. The Bertz CT molecular complexity index is 461. The van der Waals surface area contributed by atoms with E-state index in [-0.39, 0.29) is 12.0 Å². The average Bonchev–Trinajstić information content (AvgIpc) is 2.41. The van der Waals surface area contributed by atoms with Crippen molar-refractivity contribution in [1.29, 1.82) is 0 Å². The number of hydrogen-bond donors (Lipinski definition) is 2. The van der Waals surface area contributed by atoms with Crippen molar-refractivity contribution in [2.45, 2.75) is 33.3 Å². The summed E-state index contributed by atoms with van der Waals surface area (Å²) >= 11 is 0. The van der Waals surface area contributed by atoms with Gasteiger partial charge < -0.3 is 20.7 Å². The number of nitrogens with two attached hydrogens (primary N) is 1. The Hall–Kier alpha value is -1.59. The molecule has 1 aromatic carbocycles. The first-order valence-electron chi connectivity index (χ1n) is 7.35. The van der Waals surface area contributed by atoms with Crippen LogP contribution in [0, 0.1) is 6.92 Å². The van der Waals surface area contributed by atoms with Gasteiger partial charge in [0.05, 0.1) is 12.7 Å². The van der Waals surface area contributed by atoms with Crippen molar-refractivity contribution < 1.29 is 9.53 Å². The van der Waals surface area contributed by atoms with Gasteiger partial charge in [-0.2, -0.15) is 0 Å². The van der Waals surface area contributed by atoms with E-state index in [0.29, 0.717) is 25.3 Å². The Balaban J connectivity index is 2.32. The van der Waals surface area contributed by atoms with Crippen LogP contribution in [0.2, 0.25) is 0 Å². The van der Waals surface area contributed by atoms with E-state index >= 15 is 0 Å². The predicted octanol–water partition coefficient (Wildman–Crippen LogP) is 2.26. The third-order valence-electron chi connectivity index (χ3n) is 3.29. The van der Waals surface area contributed by atoms with Crippen molar-refractivity contribution >= 4 is 17.3 Å². The van der Waals surface area contributed by atoms with Crippen molar-refractivity contribution in [1.82, 2.24) is 4.90 Å². The fourth-order valence-corrected chi connectivity index (χ4v) is 1.85. The minimum Gasteiger partial charge on any atom is -0.398 e. The van der Waals surface area contributed by atoms with Crippen molar-refractivity contribution in [3.8, 4) is 0 Å². The molecule has 0 saturated heterocycles. The molecule has 1 amide bonds. The lowest BCUT2D eigenvalue weighted by Gasteiger charge is -2.17. The van der Waals surface area contributed by atoms with E-state index in [2.05, 4.69) is 10.2 Å². The van der Waals surface area contributed by atoms with Gasteiger partial charge in [0.1, 0.15) is 0 Å². The van der Waals surface area contributed by atoms with E-state index in [1.165, 1.54) is 0 Å². The number of hydrogen-bond acceptors (Lipinski definition) is 4. The predicted molar refractivity (Wildman–Crippen MR) is 87.4 cm³/mol.